The Hall–Kier alpha value is -2.15. The molecule has 7 heteroatoms. The van der Waals surface area contributed by atoms with E-state index < -0.39 is 17.7 Å². The molecule has 0 aliphatic carbocycles. The Morgan fingerprint density at radius 3 is 2.43 bits per heavy atom. The van der Waals surface area contributed by atoms with Crippen LogP contribution in [0.5, 0.6) is 0 Å². The van der Waals surface area contributed by atoms with Crippen LogP contribution >= 0.6 is 27.5 Å². The van der Waals surface area contributed by atoms with Crippen LogP contribution in [0.15, 0.2) is 52.5 Å². The minimum absolute atomic E-state index is 0.105. The average Bonchev–Trinajstić information content (AvgIpc) is 2.95. The predicted octanol–water partition coefficient (Wildman–Crippen LogP) is 4.78. The van der Waals surface area contributed by atoms with Crippen LogP contribution in [0.3, 0.4) is 0 Å². The molecule has 1 heterocycles. The number of carbonyl (C=O) groups excluding carboxylic acids is 2. The molecule has 1 saturated heterocycles. The van der Waals surface area contributed by atoms with E-state index in [1.165, 1.54) is 0 Å². The van der Waals surface area contributed by atoms with Gasteiger partial charge in [-0.05, 0) is 69.4 Å². The second kappa shape index (κ2) is 9.33. The molecule has 1 unspecified atom stereocenters. The summed E-state index contributed by atoms with van der Waals surface area (Å²) in [6.07, 6.45) is 0.710. The average molecular weight is 492 g/mol. The van der Waals surface area contributed by atoms with Crippen LogP contribution in [0.1, 0.15) is 29.2 Å². The summed E-state index contributed by atoms with van der Waals surface area (Å²) in [4.78, 5) is 29.4. The number of hydrogen-bond donors (Lipinski definition) is 1. The molecular formula is C23H24BrClN2O3. The van der Waals surface area contributed by atoms with Crippen molar-refractivity contribution in [3.8, 4) is 0 Å². The first-order valence-corrected chi connectivity index (χ1v) is 10.8. The lowest BCUT2D eigenvalue weighted by Crippen LogP contribution is -2.32. The maximum Gasteiger partial charge on any atom is 0.295 e. The Morgan fingerprint density at radius 1 is 1.17 bits per heavy atom. The van der Waals surface area contributed by atoms with E-state index in [1.807, 2.05) is 32.0 Å². The number of ketones is 1. The van der Waals surface area contributed by atoms with Gasteiger partial charge < -0.3 is 14.9 Å². The highest BCUT2D eigenvalue weighted by Gasteiger charge is 2.45. The first-order chi connectivity index (χ1) is 14.2. The Bertz CT molecular complexity index is 1000. The van der Waals surface area contributed by atoms with Crippen molar-refractivity contribution < 1.29 is 14.7 Å². The molecule has 5 nitrogen and oxygen atoms in total. The van der Waals surface area contributed by atoms with E-state index in [1.54, 1.807) is 41.3 Å². The molecule has 1 aliphatic heterocycles. The van der Waals surface area contributed by atoms with Gasteiger partial charge in [-0.15, -0.1) is 0 Å². The molecule has 0 aromatic heterocycles. The number of halogens is 2. The van der Waals surface area contributed by atoms with Gasteiger partial charge in [0, 0.05) is 21.6 Å². The van der Waals surface area contributed by atoms with Gasteiger partial charge in [-0.1, -0.05) is 45.7 Å². The number of nitrogens with zero attached hydrogens (tertiary/aromatic N) is 2. The highest BCUT2D eigenvalue weighted by atomic mass is 79.9. The summed E-state index contributed by atoms with van der Waals surface area (Å²) in [5.41, 5.74) is 2.26. The van der Waals surface area contributed by atoms with Crippen molar-refractivity contribution in [3.63, 3.8) is 0 Å². The molecule has 1 aliphatic rings. The molecular weight excluding hydrogens is 468 g/mol. The Kier molecular flexibility index (Phi) is 7.01. The normalized spacial score (nSPS) is 18.5. The summed E-state index contributed by atoms with van der Waals surface area (Å²) in [7, 11) is 3.92. The Balaban J connectivity index is 2.10. The number of aryl methyl sites for hydroxylation is 1. The van der Waals surface area contributed by atoms with E-state index in [-0.39, 0.29) is 11.3 Å². The van der Waals surface area contributed by atoms with Gasteiger partial charge in [0.15, 0.2) is 0 Å². The number of likely N-dealkylation sites (tertiary alicyclic amines) is 1. The summed E-state index contributed by atoms with van der Waals surface area (Å²) in [5, 5.41) is 11.6. The summed E-state index contributed by atoms with van der Waals surface area (Å²) in [6, 6.07) is 11.7. The van der Waals surface area contributed by atoms with Crippen LogP contribution < -0.4 is 0 Å². The second-order valence-electron chi connectivity index (χ2n) is 7.66. The van der Waals surface area contributed by atoms with Gasteiger partial charge in [0.1, 0.15) is 5.76 Å². The number of amides is 1. The molecule has 2 aromatic rings. The quantitative estimate of drug-likeness (QED) is 0.359. The van der Waals surface area contributed by atoms with E-state index in [2.05, 4.69) is 15.9 Å². The lowest BCUT2D eigenvalue weighted by Gasteiger charge is -2.26. The molecule has 1 amide bonds. The molecule has 3 rings (SSSR count). The van der Waals surface area contributed by atoms with Gasteiger partial charge in [0.05, 0.1) is 11.6 Å². The maximum atomic E-state index is 13.0. The molecule has 0 saturated carbocycles. The molecule has 30 heavy (non-hydrogen) atoms. The zero-order valence-corrected chi connectivity index (χ0v) is 19.5. The number of Topliss-reactive ketones (excluding diaryl/α,β-unsaturated/α-hetero) is 1. The van der Waals surface area contributed by atoms with E-state index in [9.17, 15) is 14.7 Å². The summed E-state index contributed by atoms with van der Waals surface area (Å²) in [5.74, 6) is -1.43. The number of carbonyl (C=O) groups is 2. The van der Waals surface area contributed by atoms with Crippen molar-refractivity contribution in [2.45, 2.75) is 19.4 Å². The zero-order chi connectivity index (χ0) is 22.0. The van der Waals surface area contributed by atoms with Crippen molar-refractivity contribution in [2.24, 2.45) is 0 Å². The molecule has 0 spiro atoms. The molecule has 158 valence electrons. The number of aliphatic hydroxyl groups is 1. The van der Waals surface area contributed by atoms with Crippen LogP contribution in [-0.4, -0.2) is 53.8 Å². The lowest BCUT2D eigenvalue weighted by molar-refractivity contribution is -0.139. The number of rotatable bonds is 6. The molecule has 1 fully saturated rings. The number of aliphatic hydroxyl groups excluding tert-OH is 1. The highest BCUT2D eigenvalue weighted by molar-refractivity contribution is 9.10. The third-order valence-electron chi connectivity index (χ3n) is 5.16. The molecule has 0 radical (unpaired) electrons. The van der Waals surface area contributed by atoms with Crippen molar-refractivity contribution in [1.29, 1.82) is 0 Å². The van der Waals surface area contributed by atoms with Crippen LogP contribution in [0.2, 0.25) is 5.02 Å². The fourth-order valence-electron chi connectivity index (χ4n) is 3.61. The van der Waals surface area contributed by atoms with Crippen LogP contribution in [-0.2, 0) is 9.59 Å². The van der Waals surface area contributed by atoms with Crippen molar-refractivity contribution in [3.05, 3.63) is 74.2 Å². The third kappa shape index (κ3) is 4.61. The van der Waals surface area contributed by atoms with Crippen LogP contribution in [0, 0.1) is 6.92 Å². The topological polar surface area (TPSA) is 60.9 Å². The maximum absolute atomic E-state index is 13.0. The fraction of sp³-hybridized carbons (Fsp3) is 0.304. The Morgan fingerprint density at radius 2 is 1.83 bits per heavy atom. The van der Waals surface area contributed by atoms with E-state index in [0.717, 1.165) is 22.1 Å². The van der Waals surface area contributed by atoms with Gasteiger partial charge in [-0.3, -0.25) is 9.59 Å². The highest BCUT2D eigenvalue weighted by Crippen LogP contribution is 2.40. The van der Waals surface area contributed by atoms with Crippen LogP contribution in [0.4, 0.5) is 0 Å². The van der Waals surface area contributed by atoms with E-state index >= 15 is 0 Å². The van der Waals surface area contributed by atoms with Crippen molar-refractivity contribution in [2.75, 3.05) is 27.2 Å². The van der Waals surface area contributed by atoms with Gasteiger partial charge in [0.2, 0.25) is 0 Å². The Labute approximate surface area is 190 Å². The fourth-order valence-corrected chi connectivity index (χ4v) is 3.98. The van der Waals surface area contributed by atoms with Gasteiger partial charge in [0.25, 0.3) is 11.7 Å². The van der Waals surface area contributed by atoms with E-state index in [4.69, 9.17) is 11.6 Å². The van der Waals surface area contributed by atoms with Crippen LogP contribution in [0.25, 0.3) is 5.76 Å². The minimum Gasteiger partial charge on any atom is -0.507 e. The van der Waals surface area contributed by atoms with Crippen molar-refractivity contribution in [1.82, 2.24) is 9.80 Å². The van der Waals surface area contributed by atoms with E-state index in [0.29, 0.717) is 23.6 Å². The molecule has 1 N–H and O–H groups in total. The third-order valence-corrected chi connectivity index (χ3v) is 6.30. The number of benzene rings is 2. The van der Waals surface area contributed by atoms with Crippen molar-refractivity contribution >= 4 is 45.0 Å². The van der Waals surface area contributed by atoms with Gasteiger partial charge >= 0.3 is 0 Å². The largest absolute Gasteiger partial charge is 0.507 e. The first kappa shape index (κ1) is 22.5. The summed E-state index contributed by atoms with van der Waals surface area (Å²) < 4.78 is 0.900. The molecule has 0 bridgehead atoms. The molecule has 2 aromatic carbocycles. The predicted molar refractivity (Wildman–Crippen MR) is 123 cm³/mol. The summed E-state index contributed by atoms with van der Waals surface area (Å²) in [6.45, 7) is 3.09. The second-order valence-corrected chi connectivity index (χ2v) is 8.96. The smallest absolute Gasteiger partial charge is 0.295 e. The SMILES string of the molecule is Cc1cc(/C(O)=C2/C(=O)C(=O)N(CCCN(C)C)C2c2ccc(Cl)cc2)ccc1Br. The first-order valence-electron chi connectivity index (χ1n) is 9.66. The lowest BCUT2D eigenvalue weighted by atomic mass is 9.95. The summed E-state index contributed by atoms with van der Waals surface area (Å²) >= 11 is 9.48. The minimum atomic E-state index is -0.669. The monoisotopic (exact) mass is 490 g/mol. The van der Waals surface area contributed by atoms with Gasteiger partial charge in [-0.25, -0.2) is 0 Å². The standard InChI is InChI=1S/C23H24BrClN2O3/c1-14-13-16(7-10-18(14)24)21(28)19-20(15-5-8-17(25)9-6-15)27(23(30)22(19)29)12-4-11-26(2)3/h5-10,13,20,28H,4,11-12H2,1-3H3/b21-19-. The zero-order valence-electron chi connectivity index (χ0n) is 17.2. The number of hydrogen-bond acceptors (Lipinski definition) is 4. The van der Waals surface area contributed by atoms with Gasteiger partial charge in [-0.2, -0.15) is 0 Å². The molecule has 1 atom stereocenters.